The normalized spacial score (nSPS) is 7.25. The van der Waals surface area contributed by atoms with Crippen LogP contribution < -0.4 is 0 Å². The lowest BCUT2D eigenvalue weighted by Gasteiger charge is -1.52. The first kappa shape index (κ1) is 7.10. The van der Waals surface area contributed by atoms with E-state index in [4.69, 9.17) is 5.11 Å². The molecular weight excluding hydrogens is 106 g/mol. The van der Waals surface area contributed by atoms with Crippen molar-refractivity contribution in [3.8, 4) is 0 Å². The number of nitrogens with zero attached hydrogens (tertiary/aromatic N) is 2. The summed E-state index contributed by atoms with van der Waals surface area (Å²) < 4.78 is 0. The Hall–Kier alpha value is -0.900. The van der Waals surface area contributed by atoms with Crippen LogP contribution in [0, 0.1) is 0 Å². The molecule has 46 valence electrons. The highest BCUT2D eigenvalue weighted by Crippen LogP contribution is 1.55. The van der Waals surface area contributed by atoms with Gasteiger partial charge >= 0.3 is 0 Å². The molecule has 0 unspecified atom stereocenters. The lowest BCUT2D eigenvalue weighted by molar-refractivity contribution is 0.318. The van der Waals surface area contributed by atoms with Crippen LogP contribution in [0.3, 0.4) is 0 Å². The van der Waals surface area contributed by atoms with Crippen LogP contribution in [0.25, 0.3) is 0 Å². The minimum absolute atomic E-state index is 0.250. The Bertz CT molecular complexity index is 78.2. The van der Waals surface area contributed by atoms with Crippen molar-refractivity contribution >= 4 is 0 Å². The number of hydrogen-bond acceptors (Lipinski definition) is 3. The topological polar surface area (TPSA) is 61.8 Å². The van der Waals surface area contributed by atoms with Crippen molar-refractivity contribution in [3.05, 3.63) is 12.4 Å². The van der Waals surface area contributed by atoms with E-state index in [9.17, 15) is 0 Å². The number of nitrogens with one attached hydrogen (secondary N) is 1. The maximum atomic E-state index is 7.57. The summed E-state index contributed by atoms with van der Waals surface area (Å²) in [6.45, 7) is 1.93. The van der Waals surface area contributed by atoms with Crippen molar-refractivity contribution in [2.24, 2.45) is 0 Å². The summed E-state index contributed by atoms with van der Waals surface area (Å²) in [4.78, 5) is 0. The first-order valence-electron chi connectivity index (χ1n) is 2.32. The molecule has 2 N–H and O–H groups in total. The van der Waals surface area contributed by atoms with E-state index >= 15 is 0 Å². The summed E-state index contributed by atoms with van der Waals surface area (Å²) in [6, 6.07) is 0. The number of aliphatic hydroxyl groups excluding tert-OH is 1. The highest BCUT2D eigenvalue weighted by Gasteiger charge is 1.57. The van der Waals surface area contributed by atoms with E-state index in [1.54, 1.807) is 19.3 Å². The molecule has 0 amide bonds. The van der Waals surface area contributed by atoms with Crippen molar-refractivity contribution in [1.82, 2.24) is 15.4 Å². The van der Waals surface area contributed by atoms with Gasteiger partial charge in [-0.25, -0.2) is 0 Å². The van der Waals surface area contributed by atoms with Crippen LogP contribution in [0.2, 0.25) is 0 Å². The zero-order valence-corrected chi connectivity index (χ0v) is 4.70. The second kappa shape index (κ2) is 6.10. The van der Waals surface area contributed by atoms with Crippen LogP contribution in [0.1, 0.15) is 6.92 Å². The zero-order chi connectivity index (χ0) is 6.24. The molecule has 1 aromatic heterocycles. The SMILES string of the molecule is CCO.c1cn[nH]n1. The number of aromatic amines is 1. The van der Waals surface area contributed by atoms with Gasteiger partial charge in [0.05, 0.1) is 12.4 Å². The maximum absolute atomic E-state index is 7.57. The molecule has 0 aliphatic heterocycles. The van der Waals surface area contributed by atoms with E-state index in [0.29, 0.717) is 0 Å². The Morgan fingerprint density at radius 2 is 1.88 bits per heavy atom. The van der Waals surface area contributed by atoms with Gasteiger partial charge in [-0.1, -0.05) is 0 Å². The van der Waals surface area contributed by atoms with E-state index in [2.05, 4.69) is 15.4 Å². The molecular formula is C4H9N3O. The number of aliphatic hydroxyl groups is 1. The van der Waals surface area contributed by atoms with Crippen LogP contribution >= 0.6 is 0 Å². The Kier molecular flexibility index (Phi) is 5.41. The van der Waals surface area contributed by atoms with E-state index in [-0.39, 0.29) is 6.61 Å². The van der Waals surface area contributed by atoms with Crippen molar-refractivity contribution in [3.63, 3.8) is 0 Å². The summed E-state index contributed by atoms with van der Waals surface area (Å²) in [5.41, 5.74) is 0. The minimum Gasteiger partial charge on any atom is -0.397 e. The third kappa shape index (κ3) is 5.10. The Labute approximate surface area is 47.5 Å². The number of H-pyrrole nitrogens is 1. The molecule has 4 nitrogen and oxygen atoms in total. The monoisotopic (exact) mass is 115 g/mol. The predicted molar refractivity (Wildman–Crippen MR) is 29.1 cm³/mol. The Morgan fingerprint density at radius 1 is 1.50 bits per heavy atom. The lowest BCUT2D eigenvalue weighted by atomic mass is 10.9. The molecule has 8 heavy (non-hydrogen) atoms. The highest BCUT2D eigenvalue weighted by atomic mass is 16.2. The predicted octanol–water partition coefficient (Wildman–Crippen LogP) is -0.197. The molecule has 0 atom stereocenters. The largest absolute Gasteiger partial charge is 0.397 e. The van der Waals surface area contributed by atoms with Gasteiger partial charge in [-0.15, -0.1) is 0 Å². The van der Waals surface area contributed by atoms with Crippen LogP contribution in [0.15, 0.2) is 12.4 Å². The van der Waals surface area contributed by atoms with Gasteiger partial charge in [0.25, 0.3) is 0 Å². The van der Waals surface area contributed by atoms with Gasteiger partial charge in [-0.2, -0.15) is 15.4 Å². The molecule has 4 heteroatoms. The van der Waals surface area contributed by atoms with Crippen molar-refractivity contribution in [2.45, 2.75) is 6.92 Å². The summed E-state index contributed by atoms with van der Waals surface area (Å²) in [5, 5.41) is 16.9. The van der Waals surface area contributed by atoms with Gasteiger partial charge in [-0.3, -0.25) is 0 Å². The van der Waals surface area contributed by atoms with Crippen molar-refractivity contribution in [1.29, 1.82) is 0 Å². The van der Waals surface area contributed by atoms with Crippen molar-refractivity contribution < 1.29 is 5.11 Å². The van der Waals surface area contributed by atoms with Crippen LogP contribution in [0.5, 0.6) is 0 Å². The second-order valence-corrected chi connectivity index (χ2v) is 0.973. The minimum atomic E-state index is 0.250. The fourth-order valence-corrected chi connectivity index (χ4v) is 0.167. The molecule has 0 bridgehead atoms. The van der Waals surface area contributed by atoms with Crippen LogP contribution in [0.4, 0.5) is 0 Å². The first-order chi connectivity index (χ1) is 3.91. The summed E-state index contributed by atoms with van der Waals surface area (Å²) in [7, 11) is 0. The fourth-order valence-electron chi connectivity index (χ4n) is 0.167. The van der Waals surface area contributed by atoms with Gasteiger partial charge in [0, 0.05) is 6.61 Å². The molecule has 0 aromatic carbocycles. The Morgan fingerprint density at radius 3 is 2.00 bits per heavy atom. The van der Waals surface area contributed by atoms with Gasteiger partial charge in [0.2, 0.25) is 0 Å². The fraction of sp³-hybridized carbons (Fsp3) is 0.500. The van der Waals surface area contributed by atoms with E-state index in [1.165, 1.54) is 0 Å². The summed E-state index contributed by atoms with van der Waals surface area (Å²) in [5.74, 6) is 0. The standard InChI is InChI=1S/C2H3N3.C2H6O/c1-2-4-5-3-1;1-2-3/h1-2H,(H,3,4,5);3H,2H2,1H3. The molecule has 0 saturated heterocycles. The Balaban J connectivity index is 0.000000145. The molecule has 0 fully saturated rings. The molecule has 0 saturated carbocycles. The highest BCUT2D eigenvalue weighted by molar-refractivity contribution is 4.54. The summed E-state index contributed by atoms with van der Waals surface area (Å²) >= 11 is 0. The first-order valence-corrected chi connectivity index (χ1v) is 2.32. The number of aromatic nitrogens is 3. The maximum Gasteiger partial charge on any atom is 0.0690 e. The van der Waals surface area contributed by atoms with Gasteiger partial charge < -0.3 is 5.11 Å². The van der Waals surface area contributed by atoms with Gasteiger partial charge in [0.15, 0.2) is 0 Å². The molecule has 0 radical (unpaired) electrons. The number of rotatable bonds is 0. The van der Waals surface area contributed by atoms with Gasteiger partial charge in [0.1, 0.15) is 0 Å². The quantitative estimate of drug-likeness (QED) is 0.492. The van der Waals surface area contributed by atoms with Crippen molar-refractivity contribution in [2.75, 3.05) is 6.61 Å². The van der Waals surface area contributed by atoms with E-state index < -0.39 is 0 Å². The molecule has 1 rings (SSSR count). The molecule has 0 aliphatic carbocycles. The molecule has 1 heterocycles. The van der Waals surface area contributed by atoms with Gasteiger partial charge in [-0.05, 0) is 6.92 Å². The molecule has 1 aromatic rings. The lowest BCUT2D eigenvalue weighted by Crippen LogP contribution is -1.61. The average Bonchev–Trinajstić information content (AvgIpc) is 2.17. The zero-order valence-electron chi connectivity index (χ0n) is 4.70. The molecule has 0 spiro atoms. The van der Waals surface area contributed by atoms with Crippen LogP contribution in [-0.2, 0) is 0 Å². The van der Waals surface area contributed by atoms with E-state index in [0.717, 1.165) is 0 Å². The second-order valence-electron chi connectivity index (χ2n) is 0.973. The number of hydrogen-bond donors (Lipinski definition) is 2. The average molecular weight is 115 g/mol. The van der Waals surface area contributed by atoms with E-state index in [1.807, 2.05) is 0 Å². The molecule has 0 aliphatic rings. The smallest absolute Gasteiger partial charge is 0.0690 e. The van der Waals surface area contributed by atoms with Crippen LogP contribution in [-0.4, -0.2) is 27.1 Å². The summed E-state index contributed by atoms with van der Waals surface area (Å²) in [6.07, 6.45) is 3.17. The third-order valence-corrected chi connectivity index (χ3v) is 0.331. The third-order valence-electron chi connectivity index (χ3n) is 0.331.